The quantitative estimate of drug-likeness (QED) is 0.426. The molecule has 0 fully saturated rings. The predicted octanol–water partition coefficient (Wildman–Crippen LogP) is 6.62. The largest absolute Gasteiger partial charge is 0.256 e. The van der Waals surface area contributed by atoms with Crippen LogP contribution in [-0.4, -0.2) is 9.78 Å². The molecule has 0 N–H and O–H groups in total. The highest BCUT2D eigenvalue weighted by Crippen LogP contribution is 2.32. The van der Waals surface area contributed by atoms with Crippen molar-refractivity contribution in [2.45, 2.75) is 28.2 Å². The van der Waals surface area contributed by atoms with E-state index in [0.29, 0.717) is 5.15 Å². The van der Waals surface area contributed by atoms with Crippen molar-refractivity contribution in [1.82, 2.24) is 9.78 Å². The first kappa shape index (κ1) is 18.7. The number of benzene rings is 2. The Morgan fingerprint density at radius 3 is 2.08 bits per heavy atom. The average Bonchev–Trinajstić information content (AvgIpc) is 2.88. The number of halogens is 2. The Labute approximate surface area is 166 Å². The molecule has 2 aromatic carbocycles. The number of hydrogen-bond donors (Lipinski definition) is 0. The van der Waals surface area contributed by atoms with Gasteiger partial charge in [-0.1, -0.05) is 40.9 Å². The van der Waals surface area contributed by atoms with Crippen molar-refractivity contribution in [3.8, 4) is 0 Å². The van der Waals surface area contributed by atoms with Gasteiger partial charge in [0.05, 0.1) is 5.69 Å². The third-order valence-corrected chi connectivity index (χ3v) is 6.53. The number of aryl methyl sites for hydroxylation is 2. The second-order valence-corrected chi connectivity index (χ2v) is 8.58. The van der Waals surface area contributed by atoms with E-state index in [9.17, 15) is 0 Å². The number of rotatable bonds is 6. The van der Waals surface area contributed by atoms with Crippen LogP contribution in [0.4, 0.5) is 0 Å². The predicted molar refractivity (Wildman–Crippen MR) is 110 cm³/mol. The number of nitrogens with zero attached hydrogens (tertiary/aromatic N) is 2. The molecule has 6 heteroatoms. The van der Waals surface area contributed by atoms with E-state index in [2.05, 4.69) is 36.3 Å². The van der Waals surface area contributed by atoms with Gasteiger partial charge in [0.25, 0.3) is 0 Å². The van der Waals surface area contributed by atoms with Crippen molar-refractivity contribution in [2.75, 3.05) is 0 Å². The number of hydrogen-bond acceptors (Lipinski definition) is 3. The van der Waals surface area contributed by atoms with Crippen molar-refractivity contribution in [3.63, 3.8) is 0 Å². The summed E-state index contributed by atoms with van der Waals surface area (Å²) >= 11 is 15.9. The molecule has 0 aliphatic heterocycles. The van der Waals surface area contributed by atoms with Crippen molar-refractivity contribution in [1.29, 1.82) is 0 Å². The van der Waals surface area contributed by atoms with E-state index in [-0.39, 0.29) is 0 Å². The Morgan fingerprint density at radius 2 is 1.44 bits per heavy atom. The summed E-state index contributed by atoms with van der Waals surface area (Å²) in [6.07, 6.45) is 0. The lowest BCUT2D eigenvalue weighted by Gasteiger charge is -2.05. The highest BCUT2D eigenvalue weighted by molar-refractivity contribution is 7.99. The second kappa shape index (κ2) is 8.54. The van der Waals surface area contributed by atoms with Crippen LogP contribution in [0.1, 0.15) is 16.8 Å². The average molecular weight is 409 g/mol. The fourth-order valence-corrected chi connectivity index (χ4v) is 4.56. The SMILES string of the molecule is Cc1ccc(SCc2c(CSc3ccc(Cl)cc3)nn(C)c2Cl)cc1. The van der Waals surface area contributed by atoms with Gasteiger partial charge in [-0.2, -0.15) is 5.10 Å². The third-order valence-electron chi connectivity index (χ3n) is 3.75. The van der Waals surface area contributed by atoms with Gasteiger partial charge in [0.1, 0.15) is 5.15 Å². The Morgan fingerprint density at radius 1 is 0.880 bits per heavy atom. The molecule has 0 bridgehead atoms. The van der Waals surface area contributed by atoms with Gasteiger partial charge in [-0.25, -0.2) is 0 Å². The van der Waals surface area contributed by atoms with Crippen molar-refractivity contribution in [3.05, 3.63) is 75.5 Å². The smallest absolute Gasteiger partial charge is 0.131 e. The Balaban J connectivity index is 1.70. The zero-order valence-corrected chi connectivity index (χ0v) is 17.1. The molecule has 0 radical (unpaired) electrons. The van der Waals surface area contributed by atoms with E-state index in [1.165, 1.54) is 15.4 Å². The molecule has 0 saturated heterocycles. The van der Waals surface area contributed by atoms with Crippen LogP contribution < -0.4 is 0 Å². The van der Waals surface area contributed by atoms with E-state index < -0.39 is 0 Å². The lowest BCUT2D eigenvalue weighted by Crippen LogP contribution is -1.91. The molecule has 2 nitrogen and oxygen atoms in total. The zero-order valence-electron chi connectivity index (χ0n) is 14.0. The van der Waals surface area contributed by atoms with Gasteiger partial charge < -0.3 is 0 Å². The van der Waals surface area contributed by atoms with Crippen LogP contribution in [0.25, 0.3) is 0 Å². The minimum atomic E-state index is 0.714. The van der Waals surface area contributed by atoms with Crippen LogP contribution >= 0.6 is 46.7 Å². The van der Waals surface area contributed by atoms with E-state index in [1.54, 1.807) is 28.2 Å². The lowest BCUT2D eigenvalue weighted by atomic mass is 10.2. The maximum Gasteiger partial charge on any atom is 0.131 e. The van der Waals surface area contributed by atoms with E-state index >= 15 is 0 Å². The minimum Gasteiger partial charge on any atom is -0.256 e. The van der Waals surface area contributed by atoms with E-state index in [4.69, 9.17) is 23.2 Å². The fourth-order valence-electron chi connectivity index (χ4n) is 2.33. The monoisotopic (exact) mass is 408 g/mol. The van der Waals surface area contributed by atoms with Gasteiger partial charge >= 0.3 is 0 Å². The minimum absolute atomic E-state index is 0.714. The second-order valence-electron chi connectivity index (χ2n) is 5.68. The Bertz CT molecular complexity index is 843. The summed E-state index contributed by atoms with van der Waals surface area (Å²) in [6, 6.07) is 16.4. The first-order valence-corrected chi connectivity index (χ1v) is 10.5. The summed E-state index contributed by atoms with van der Waals surface area (Å²) in [4.78, 5) is 2.41. The molecule has 0 amide bonds. The summed E-state index contributed by atoms with van der Waals surface area (Å²) in [5.41, 5.74) is 3.41. The van der Waals surface area contributed by atoms with Crippen molar-refractivity contribution >= 4 is 46.7 Å². The normalized spacial score (nSPS) is 11.0. The van der Waals surface area contributed by atoms with Crippen LogP contribution in [-0.2, 0) is 18.6 Å². The lowest BCUT2D eigenvalue weighted by molar-refractivity contribution is 0.755. The fraction of sp³-hybridized carbons (Fsp3) is 0.211. The van der Waals surface area contributed by atoms with Gasteiger partial charge in [0, 0.05) is 38.9 Å². The molecular formula is C19H18Cl2N2S2. The maximum atomic E-state index is 6.47. The van der Waals surface area contributed by atoms with Crippen molar-refractivity contribution < 1.29 is 0 Å². The van der Waals surface area contributed by atoms with Crippen LogP contribution in [0.3, 0.4) is 0 Å². The van der Waals surface area contributed by atoms with Gasteiger partial charge in [-0.3, -0.25) is 4.68 Å². The van der Waals surface area contributed by atoms with Crippen LogP contribution in [0.2, 0.25) is 10.2 Å². The third kappa shape index (κ3) is 4.98. The molecule has 3 aromatic rings. The first-order valence-electron chi connectivity index (χ1n) is 7.81. The first-order chi connectivity index (χ1) is 12.0. The van der Waals surface area contributed by atoms with E-state index in [1.807, 2.05) is 31.3 Å². The molecule has 0 aliphatic rings. The topological polar surface area (TPSA) is 17.8 Å². The molecular weight excluding hydrogens is 391 g/mol. The summed E-state index contributed by atoms with van der Waals surface area (Å²) in [5.74, 6) is 1.60. The van der Waals surface area contributed by atoms with Crippen molar-refractivity contribution in [2.24, 2.45) is 7.05 Å². The van der Waals surface area contributed by atoms with Gasteiger partial charge in [-0.15, -0.1) is 23.5 Å². The highest BCUT2D eigenvalue weighted by atomic mass is 35.5. The molecule has 0 saturated carbocycles. The Kier molecular flexibility index (Phi) is 6.39. The summed E-state index contributed by atoms with van der Waals surface area (Å²) in [6.45, 7) is 2.10. The molecule has 0 spiro atoms. The molecule has 130 valence electrons. The van der Waals surface area contributed by atoms with Crippen LogP contribution in [0, 0.1) is 6.92 Å². The van der Waals surface area contributed by atoms with Gasteiger partial charge in [0.15, 0.2) is 0 Å². The van der Waals surface area contributed by atoms with E-state index in [0.717, 1.165) is 27.8 Å². The maximum absolute atomic E-state index is 6.47. The molecule has 25 heavy (non-hydrogen) atoms. The van der Waals surface area contributed by atoms with Crippen LogP contribution in [0.15, 0.2) is 58.3 Å². The molecule has 0 atom stereocenters. The van der Waals surface area contributed by atoms with Crippen LogP contribution in [0.5, 0.6) is 0 Å². The molecule has 3 rings (SSSR count). The van der Waals surface area contributed by atoms with Gasteiger partial charge in [0.2, 0.25) is 0 Å². The standard InChI is InChI=1S/C19H18Cl2N2S2/c1-13-3-7-15(8-4-13)24-11-17-18(22-23(2)19(17)21)12-25-16-9-5-14(20)6-10-16/h3-10H,11-12H2,1-2H3. The summed E-state index contributed by atoms with van der Waals surface area (Å²) in [7, 11) is 1.89. The molecule has 1 aromatic heterocycles. The van der Waals surface area contributed by atoms with Gasteiger partial charge in [-0.05, 0) is 43.3 Å². The summed E-state index contributed by atoms with van der Waals surface area (Å²) < 4.78 is 1.75. The number of aromatic nitrogens is 2. The number of thioether (sulfide) groups is 2. The highest BCUT2D eigenvalue weighted by Gasteiger charge is 2.15. The molecule has 0 aliphatic carbocycles. The Hall–Kier alpha value is -1.07. The zero-order chi connectivity index (χ0) is 17.8. The molecule has 1 heterocycles. The summed E-state index contributed by atoms with van der Waals surface area (Å²) in [5, 5.41) is 6.06. The molecule has 0 unspecified atom stereocenters.